The molecule has 9 rings (SSSR count). The van der Waals surface area contributed by atoms with Crippen LogP contribution in [0.2, 0.25) is 5.02 Å². The Labute approximate surface area is 229 Å². The molecule has 3 heterocycles. The molecule has 0 aliphatic carbocycles. The van der Waals surface area contributed by atoms with E-state index in [0.717, 1.165) is 10.6 Å². The number of halogens is 1. The quantitative estimate of drug-likeness (QED) is 0.202. The van der Waals surface area contributed by atoms with Crippen molar-refractivity contribution in [2.45, 2.75) is 0 Å². The van der Waals surface area contributed by atoms with Gasteiger partial charge in [0.2, 0.25) is 0 Å². The lowest BCUT2D eigenvalue weighted by atomic mass is 9.94. The molecule has 2 nitrogen and oxygen atoms in total. The van der Waals surface area contributed by atoms with Crippen LogP contribution < -0.4 is 0 Å². The van der Waals surface area contributed by atoms with Crippen molar-refractivity contribution in [2.24, 2.45) is 0 Å². The lowest BCUT2D eigenvalue weighted by Crippen LogP contribution is -1.98. The Bertz CT molecular complexity index is 2410. The molecule has 0 atom stereocenters. The number of fused-ring (bicyclic) bond motifs is 9. The molecule has 39 heavy (non-hydrogen) atoms. The van der Waals surface area contributed by atoms with Gasteiger partial charge in [-0.05, 0) is 58.7 Å². The van der Waals surface area contributed by atoms with Crippen LogP contribution >= 0.6 is 11.6 Å². The molecule has 0 amide bonds. The van der Waals surface area contributed by atoms with E-state index in [9.17, 15) is 0 Å². The molecule has 0 radical (unpaired) electrons. The largest absolute Gasteiger partial charge is 0.305 e. The van der Waals surface area contributed by atoms with Gasteiger partial charge in [0.15, 0.2) is 0 Å². The first-order valence-corrected chi connectivity index (χ1v) is 13.6. The van der Waals surface area contributed by atoms with Crippen LogP contribution in [-0.2, 0) is 0 Å². The molecule has 6 aromatic carbocycles. The van der Waals surface area contributed by atoms with Crippen LogP contribution in [0, 0.1) is 0 Å². The molecule has 0 unspecified atom stereocenters. The van der Waals surface area contributed by atoms with Gasteiger partial charge >= 0.3 is 0 Å². The van der Waals surface area contributed by atoms with E-state index in [0.29, 0.717) is 0 Å². The van der Waals surface area contributed by atoms with E-state index in [1.54, 1.807) is 0 Å². The summed E-state index contributed by atoms with van der Waals surface area (Å²) in [5.74, 6) is 0. The number of hydrogen-bond acceptors (Lipinski definition) is 0. The first kappa shape index (κ1) is 21.2. The number of para-hydroxylation sites is 2. The van der Waals surface area contributed by atoms with Gasteiger partial charge in [0.05, 0.1) is 33.1 Å². The van der Waals surface area contributed by atoms with Gasteiger partial charge in [0.1, 0.15) is 0 Å². The minimum Gasteiger partial charge on any atom is -0.305 e. The number of rotatable bonds is 2. The number of aromatic nitrogens is 2. The zero-order chi connectivity index (χ0) is 25.7. The second-order valence-corrected chi connectivity index (χ2v) is 10.8. The highest BCUT2D eigenvalue weighted by molar-refractivity contribution is 6.31. The number of hydrogen-bond donors (Lipinski definition) is 0. The first-order chi connectivity index (χ1) is 19.3. The molecule has 9 aromatic rings. The monoisotopic (exact) mass is 516 g/mol. The molecule has 0 bridgehead atoms. The van der Waals surface area contributed by atoms with Crippen molar-refractivity contribution in [1.29, 1.82) is 0 Å². The molecule has 182 valence electrons. The molecule has 3 aromatic heterocycles. The van der Waals surface area contributed by atoms with Crippen molar-refractivity contribution in [3.05, 3.63) is 132 Å². The van der Waals surface area contributed by atoms with Crippen molar-refractivity contribution in [1.82, 2.24) is 8.80 Å². The Morgan fingerprint density at radius 1 is 0.385 bits per heavy atom. The van der Waals surface area contributed by atoms with Gasteiger partial charge in [-0.1, -0.05) is 103 Å². The average molecular weight is 517 g/mol. The van der Waals surface area contributed by atoms with Crippen LogP contribution in [0.3, 0.4) is 0 Å². The van der Waals surface area contributed by atoms with E-state index >= 15 is 0 Å². The molecule has 0 saturated heterocycles. The molecule has 0 saturated carbocycles. The summed E-state index contributed by atoms with van der Waals surface area (Å²) in [6, 6.07) is 45.8. The van der Waals surface area contributed by atoms with Gasteiger partial charge in [-0.15, -0.1) is 0 Å². The molecule has 0 spiro atoms. The molecule has 3 heteroatoms. The zero-order valence-electron chi connectivity index (χ0n) is 20.9. The SMILES string of the molecule is Clc1cccc(-c2ccccc2-c2ccc3c(c2)n2c4ccccc4c4ccc5c6ccccc6n3c5c42)c1. The van der Waals surface area contributed by atoms with Crippen LogP contribution in [0.1, 0.15) is 0 Å². The maximum absolute atomic E-state index is 6.39. The predicted molar refractivity (Wildman–Crippen MR) is 165 cm³/mol. The average Bonchev–Trinajstić information content (AvgIpc) is 3.50. The fraction of sp³-hybridized carbons (Fsp3) is 0. The second kappa shape index (κ2) is 7.63. The fourth-order valence-electron chi connectivity index (χ4n) is 6.70. The van der Waals surface area contributed by atoms with E-state index in [-0.39, 0.29) is 0 Å². The maximum atomic E-state index is 6.39. The van der Waals surface area contributed by atoms with Gasteiger partial charge < -0.3 is 8.80 Å². The predicted octanol–water partition coefficient (Wildman–Crippen LogP) is 10.2. The molecule has 0 aliphatic heterocycles. The summed E-state index contributed by atoms with van der Waals surface area (Å²) in [5.41, 5.74) is 12.1. The Balaban J connectivity index is 1.48. The molecular formula is C36H21ClN2. The van der Waals surface area contributed by atoms with Crippen molar-refractivity contribution < 1.29 is 0 Å². The Morgan fingerprint density at radius 3 is 1.59 bits per heavy atom. The summed E-state index contributed by atoms with van der Waals surface area (Å²) in [7, 11) is 0. The Hall–Kier alpha value is -4.79. The van der Waals surface area contributed by atoms with Gasteiger partial charge in [0.25, 0.3) is 0 Å². The van der Waals surface area contributed by atoms with E-state index in [2.05, 4.69) is 118 Å². The number of benzene rings is 6. The van der Waals surface area contributed by atoms with Crippen LogP contribution in [0.15, 0.2) is 127 Å². The summed E-state index contributed by atoms with van der Waals surface area (Å²) in [6.07, 6.45) is 0. The minimum absolute atomic E-state index is 0.744. The van der Waals surface area contributed by atoms with E-state index in [1.165, 1.54) is 71.3 Å². The second-order valence-electron chi connectivity index (χ2n) is 10.3. The third kappa shape index (κ3) is 2.76. The van der Waals surface area contributed by atoms with Crippen molar-refractivity contribution >= 4 is 66.2 Å². The molecule has 0 aliphatic rings. The van der Waals surface area contributed by atoms with E-state index in [4.69, 9.17) is 11.6 Å². The topological polar surface area (TPSA) is 8.82 Å². The van der Waals surface area contributed by atoms with Gasteiger partial charge in [-0.25, -0.2) is 0 Å². The maximum Gasteiger partial charge on any atom is 0.0789 e. The van der Waals surface area contributed by atoms with Crippen molar-refractivity contribution in [2.75, 3.05) is 0 Å². The van der Waals surface area contributed by atoms with E-state index in [1.807, 2.05) is 18.2 Å². The molecule has 0 N–H and O–H groups in total. The summed E-state index contributed by atoms with van der Waals surface area (Å²) in [4.78, 5) is 0. The standard InChI is InChI=1S/C36H21ClN2/c37-24-9-7-8-22(20-24)25-10-1-2-11-26(25)23-16-19-33-34(21-23)39-32-15-6-4-13-28(32)30-18-17-29-27-12-3-5-14-31(27)38(33)35(29)36(30)39/h1-21H. The Kier molecular flexibility index (Phi) is 4.14. The van der Waals surface area contributed by atoms with Crippen LogP contribution in [-0.4, -0.2) is 8.80 Å². The van der Waals surface area contributed by atoms with Crippen molar-refractivity contribution in [3.8, 4) is 22.3 Å². The number of nitrogens with zero attached hydrogens (tertiary/aromatic N) is 2. The minimum atomic E-state index is 0.744. The van der Waals surface area contributed by atoms with Gasteiger partial charge in [-0.3, -0.25) is 0 Å². The van der Waals surface area contributed by atoms with Gasteiger partial charge in [-0.2, -0.15) is 0 Å². The third-order valence-electron chi connectivity index (χ3n) is 8.30. The summed E-state index contributed by atoms with van der Waals surface area (Å²) < 4.78 is 4.95. The summed E-state index contributed by atoms with van der Waals surface area (Å²) in [6.45, 7) is 0. The highest BCUT2D eigenvalue weighted by Crippen LogP contribution is 2.43. The first-order valence-electron chi connectivity index (χ1n) is 13.2. The zero-order valence-corrected chi connectivity index (χ0v) is 21.7. The lowest BCUT2D eigenvalue weighted by Gasteiger charge is -2.15. The van der Waals surface area contributed by atoms with Crippen molar-refractivity contribution in [3.63, 3.8) is 0 Å². The lowest BCUT2D eigenvalue weighted by molar-refractivity contribution is 1.26. The fourth-order valence-corrected chi connectivity index (χ4v) is 6.89. The summed E-state index contributed by atoms with van der Waals surface area (Å²) >= 11 is 6.39. The van der Waals surface area contributed by atoms with Crippen LogP contribution in [0.25, 0.3) is 76.9 Å². The van der Waals surface area contributed by atoms with Crippen LogP contribution in [0.5, 0.6) is 0 Å². The summed E-state index contributed by atoms with van der Waals surface area (Å²) in [5, 5.41) is 5.90. The van der Waals surface area contributed by atoms with Crippen LogP contribution in [0.4, 0.5) is 0 Å². The highest BCUT2D eigenvalue weighted by atomic mass is 35.5. The Morgan fingerprint density at radius 2 is 0.949 bits per heavy atom. The molecule has 0 fully saturated rings. The van der Waals surface area contributed by atoms with E-state index < -0.39 is 0 Å². The molecular weight excluding hydrogens is 496 g/mol. The normalized spacial score (nSPS) is 12.2. The smallest absolute Gasteiger partial charge is 0.0789 e. The van der Waals surface area contributed by atoms with Gasteiger partial charge in [0, 0.05) is 26.6 Å². The third-order valence-corrected chi connectivity index (χ3v) is 8.53. The highest BCUT2D eigenvalue weighted by Gasteiger charge is 2.21.